The highest BCUT2D eigenvalue weighted by atomic mass is 32.1. The molecule has 0 spiro atoms. The van der Waals surface area contributed by atoms with E-state index in [1.807, 2.05) is 54.6 Å². The van der Waals surface area contributed by atoms with Crippen LogP contribution in [0.3, 0.4) is 0 Å². The van der Waals surface area contributed by atoms with Crippen molar-refractivity contribution >= 4 is 43.4 Å². The highest BCUT2D eigenvalue weighted by Crippen LogP contribution is 2.46. The summed E-state index contributed by atoms with van der Waals surface area (Å²) in [4.78, 5) is 12.6. The molecule has 5 rings (SSSR count). The van der Waals surface area contributed by atoms with Crippen molar-refractivity contribution in [2.75, 3.05) is 11.2 Å². The van der Waals surface area contributed by atoms with E-state index in [1.54, 1.807) is 0 Å². The first-order valence-electron chi connectivity index (χ1n) is 8.84. The van der Waals surface area contributed by atoms with Gasteiger partial charge in [0.2, 0.25) is 0 Å². The summed E-state index contributed by atoms with van der Waals surface area (Å²) in [6, 6.07) is 19.7. The van der Waals surface area contributed by atoms with Crippen molar-refractivity contribution in [2.45, 2.75) is 0 Å². The Morgan fingerprint density at radius 3 is 2.48 bits per heavy atom. The van der Waals surface area contributed by atoms with Gasteiger partial charge in [-0.1, -0.05) is 42.5 Å². The van der Waals surface area contributed by atoms with E-state index in [-0.39, 0.29) is 5.82 Å². The first-order valence-corrected chi connectivity index (χ1v) is 9.66. The summed E-state index contributed by atoms with van der Waals surface area (Å²) in [6.07, 6.45) is 0. The number of hydrazine groups is 1. The lowest BCUT2D eigenvalue weighted by molar-refractivity contribution is 1.31. The van der Waals surface area contributed by atoms with Crippen molar-refractivity contribution in [2.24, 2.45) is 5.84 Å². The lowest BCUT2D eigenvalue weighted by Gasteiger charge is -2.08. The second-order valence-corrected chi connectivity index (χ2v) is 7.48. The fourth-order valence-electron chi connectivity index (χ4n) is 3.50. The van der Waals surface area contributed by atoms with Gasteiger partial charge in [0.25, 0.3) is 0 Å². The molecule has 0 atom stereocenters. The third-order valence-electron chi connectivity index (χ3n) is 4.78. The number of para-hydroxylation sites is 2. The predicted octanol–water partition coefficient (Wildman–Crippen LogP) is 4.25. The van der Waals surface area contributed by atoms with Crippen LogP contribution in [0.25, 0.3) is 43.8 Å². The van der Waals surface area contributed by atoms with Gasteiger partial charge in [-0.2, -0.15) is 5.26 Å². The molecule has 0 aliphatic rings. The van der Waals surface area contributed by atoms with Gasteiger partial charge in [0.1, 0.15) is 28.3 Å². The number of nitrogens with two attached hydrogens (primary N) is 2. The summed E-state index contributed by atoms with van der Waals surface area (Å²) in [5, 5.41) is 10.4. The number of H-pyrrole nitrogens is 1. The van der Waals surface area contributed by atoms with Crippen LogP contribution in [0.2, 0.25) is 0 Å². The summed E-state index contributed by atoms with van der Waals surface area (Å²) in [6.45, 7) is 0. The molecule has 5 aromatic rings. The first-order chi connectivity index (χ1) is 14.2. The molecule has 0 aliphatic carbocycles. The van der Waals surface area contributed by atoms with Gasteiger partial charge in [0.05, 0.1) is 26.8 Å². The zero-order valence-electron chi connectivity index (χ0n) is 15.1. The lowest BCUT2D eigenvalue weighted by atomic mass is 10.00. The Kier molecular flexibility index (Phi) is 3.91. The molecule has 0 bridgehead atoms. The maximum absolute atomic E-state index is 9.74. The number of nitrogens with one attached hydrogen (secondary N) is 2. The number of thiophene rings is 1. The van der Waals surface area contributed by atoms with E-state index in [4.69, 9.17) is 16.6 Å². The van der Waals surface area contributed by atoms with Gasteiger partial charge < -0.3 is 16.1 Å². The molecule has 0 aliphatic heterocycles. The smallest absolute Gasteiger partial charge is 0.143 e. The molecule has 0 amide bonds. The number of imidazole rings is 1. The third kappa shape index (κ3) is 2.61. The molecule has 3 aromatic heterocycles. The molecular weight excluding hydrogens is 382 g/mol. The van der Waals surface area contributed by atoms with Gasteiger partial charge in [0.15, 0.2) is 0 Å². The molecule has 140 valence electrons. The van der Waals surface area contributed by atoms with Gasteiger partial charge in [0, 0.05) is 5.56 Å². The van der Waals surface area contributed by atoms with Crippen LogP contribution in [-0.4, -0.2) is 15.0 Å². The number of nitriles is 1. The molecule has 29 heavy (non-hydrogen) atoms. The van der Waals surface area contributed by atoms with Crippen LogP contribution in [0.15, 0.2) is 54.6 Å². The zero-order valence-corrected chi connectivity index (χ0v) is 15.9. The highest BCUT2D eigenvalue weighted by Gasteiger charge is 2.24. The number of pyridine rings is 1. The van der Waals surface area contributed by atoms with Crippen molar-refractivity contribution in [1.82, 2.24) is 15.0 Å². The minimum absolute atomic E-state index is 0.178. The molecule has 0 radical (unpaired) electrons. The summed E-state index contributed by atoms with van der Waals surface area (Å²) < 4.78 is 0.824. The van der Waals surface area contributed by atoms with E-state index >= 15 is 0 Å². The Labute approximate surface area is 169 Å². The summed E-state index contributed by atoms with van der Waals surface area (Å²) in [5.41, 5.74) is 14.1. The van der Waals surface area contributed by atoms with Gasteiger partial charge in [-0.05, 0) is 17.7 Å². The highest BCUT2D eigenvalue weighted by molar-refractivity contribution is 7.24. The number of nitrogen functional groups attached to an aromatic ring is 2. The number of rotatable bonds is 3. The second kappa shape index (κ2) is 6.60. The monoisotopic (exact) mass is 397 g/mol. The van der Waals surface area contributed by atoms with E-state index in [1.165, 1.54) is 11.3 Å². The van der Waals surface area contributed by atoms with E-state index in [2.05, 4.69) is 21.5 Å². The Balaban J connectivity index is 1.89. The maximum atomic E-state index is 9.74. The normalized spacial score (nSPS) is 11.0. The second-order valence-electron chi connectivity index (χ2n) is 6.46. The number of hydrogen-bond donors (Lipinski definition) is 4. The fourth-order valence-corrected chi connectivity index (χ4v) is 4.63. The first kappa shape index (κ1) is 17.2. The summed E-state index contributed by atoms with van der Waals surface area (Å²) >= 11 is 1.42. The van der Waals surface area contributed by atoms with Crippen molar-refractivity contribution < 1.29 is 0 Å². The molecule has 8 heteroatoms. The third-order valence-corrected chi connectivity index (χ3v) is 5.91. The van der Waals surface area contributed by atoms with Gasteiger partial charge in [-0.15, -0.1) is 11.3 Å². The number of hydrogen-bond acceptors (Lipinski definition) is 7. The molecule has 2 aromatic carbocycles. The van der Waals surface area contributed by atoms with Crippen LogP contribution >= 0.6 is 11.3 Å². The molecule has 3 heterocycles. The number of benzene rings is 2. The molecule has 0 saturated carbocycles. The quantitative estimate of drug-likeness (QED) is 0.266. The average Bonchev–Trinajstić information content (AvgIpc) is 3.33. The number of aromatic amines is 1. The van der Waals surface area contributed by atoms with E-state index < -0.39 is 0 Å². The molecule has 0 unspecified atom stereocenters. The maximum Gasteiger partial charge on any atom is 0.143 e. The van der Waals surface area contributed by atoms with Crippen molar-refractivity contribution in [3.05, 3.63) is 60.2 Å². The Morgan fingerprint density at radius 2 is 1.76 bits per heavy atom. The SMILES string of the molecule is N#Cc1c(N)nc2c(-c3nc4ccccc4[nH]3)c(NN)sc2c1-c1ccccc1. The van der Waals surface area contributed by atoms with Crippen LogP contribution < -0.4 is 17.0 Å². The van der Waals surface area contributed by atoms with Crippen LogP contribution in [0.5, 0.6) is 0 Å². The number of aromatic nitrogens is 3. The lowest BCUT2D eigenvalue weighted by Crippen LogP contribution is -2.06. The predicted molar refractivity (Wildman–Crippen MR) is 117 cm³/mol. The van der Waals surface area contributed by atoms with Gasteiger partial charge >= 0.3 is 0 Å². The molecule has 7 nitrogen and oxygen atoms in total. The van der Waals surface area contributed by atoms with E-state index in [9.17, 15) is 5.26 Å². The molecule has 0 saturated heterocycles. The number of fused-ring (bicyclic) bond motifs is 2. The number of anilines is 2. The Morgan fingerprint density at radius 1 is 1.00 bits per heavy atom. The van der Waals surface area contributed by atoms with E-state index in [0.29, 0.717) is 21.9 Å². The van der Waals surface area contributed by atoms with Gasteiger partial charge in [-0.25, -0.2) is 15.8 Å². The zero-order chi connectivity index (χ0) is 20.0. The van der Waals surface area contributed by atoms with Crippen LogP contribution in [0.1, 0.15) is 5.56 Å². The Bertz CT molecular complexity index is 1380. The minimum atomic E-state index is 0.178. The summed E-state index contributed by atoms with van der Waals surface area (Å²) in [7, 11) is 0. The van der Waals surface area contributed by atoms with E-state index in [0.717, 1.165) is 32.4 Å². The standard InChI is InChI=1S/C21H15N7S/c22-10-12-15(11-6-2-1-3-7-11)18-17(27-19(12)23)16(21(28-24)29-18)20-25-13-8-4-5-9-14(13)26-20/h1-9,28H,24H2,(H2,23,27)(H,25,26). The fraction of sp³-hybridized carbons (Fsp3) is 0. The van der Waals surface area contributed by atoms with Crippen molar-refractivity contribution in [3.63, 3.8) is 0 Å². The van der Waals surface area contributed by atoms with Crippen molar-refractivity contribution in [3.8, 4) is 28.6 Å². The van der Waals surface area contributed by atoms with Crippen LogP contribution in [0.4, 0.5) is 10.8 Å². The number of nitrogens with zero attached hydrogens (tertiary/aromatic N) is 3. The van der Waals surface area contributed by atoms with Crippen LogP contribution in [-0.2, 0) is 0 Å². The summed E-state index contributed by atoms with van der Waals surface area (Å²) in [5.74, 6) is 6.66. The van der Waals surface area contributed by atoms with Gasteiger partial charge in [-0.3, -0.25) is 0 Å². The molecule has 6 N–H and O–H groups in total. The largest absolute Gasteiger partial charge is 0.383 e. The van der Waals surface area contributed by atoms with Crippen LogP contribution in [0, 0.1) is 11.3 Å². The molecule has 0 fully saturated rings. The Hall–Kier alpha value is -3.93. The topological polar surface area (TPSA) is 129 Å². The van der Waals surface area contributed by atoms with Crippen molar-refractivity contribution in [1.29, 1.82) is 5.26 Å². The average molecular weight is 397 g/mol. The minimum Gasteiger partial charge on any atom is -0.383 e. The molecular formula is C21H15N7S.